The van der Waals surface area contributed by atoms with Gasteiger partial charge in [-0.2, -0.15) is 0 Å². The van der Waals surface area contributed by atoms with Crippen LogP contribution in [-0.4, -0.2) is 29.2 Å². The molecule has 3 aromatic rings. The van der Waals surface area contributed by atoms with Gasteiger partial charge in [-0.15, -0.1) is 0 Å². The van der Waals surface area contributed by atoms with E-state index in [1.165, 1.54) is 11.8 Å². The van der Waals surface area contributed by atoms with Crippen molar-refractivity contribution in [1.29, 1.82) is 0 Å². The number of hydrogen-bond acceptors (Lipinski definition) is 6. The van der Waals surface area contributed by atoms with Crippen LogP contribution in [0.5, 0.6) is 11.5 Å². The van der Waals surface area contributed by atoms with Crippen molar-refractivity contribution >= 4 is 35.1 Å². The normalized spacial score (nSPS) is 15.2. The summed E-state index contributed by atoms with van der Waals surface area (Å²) in [5.41, 5.74) is 1.79. The number of H-pyrrole nitrogens is 1. The summed E-state index contributed by atoms with van der Waals surface area (Å²) in [6, 6.07) is 12.8. The smallest absolute Gasteiger partial charge is 0.257 e. The first-order valence-corrected chi connectivity index (χ1v) is 11.1. The average molecular weight is 458 g/mol. The predicted molar refractivity (Wildman–Crippen MR) is 121 cm³/mol. The van der Waals surface area contributed by atoms with E-state index in [-0.39, 0.29) is 24.5 Å². The molecule has 2 aromatic carbocycles. The number of carbonyl (C=O) groups is 1. The van der Waals surface area contributed by atoms with Crippen LogP contribution in [0.2, 0.25) is 5.02 Å². The maximum Gasteiger partial charge on any atom is 0.257 e. The molecule has 160 valence electrons. The van der Waals surface area contributed by atoms with Crippen molar-refractivity contribution in [2.45, 2.75) is 24.1 Å². The molecule has 0 unspecified atom stereocenters. The number of carbonyl (C=O) groups excluding carboxylic acids is 1. The number of benzene rings is 2. The second-order valence-corrected chi connectivity index (χ2v) is 8.13. The summed E-state index contributed by atoms with van der Waals surface area (Å²) in [5, 5.41) is 3.78. The lowest BCUT2D eigenvalue weighted by Crippen LogP contribution is -2.31. The van der Waals surface area contributed by atoms with E-state index >= 15 is 0 Å². The van der Waals surface area contributed by atoms with Crippen molar-refractivity contribution < 1.29 is 14.3 Å². The zero-order chi connectivity index (χ0) is 22.0. The molecule has 1 amide bonds. The van der Waals surface area contributed by atoms with E-state index in [0.717, 1.165) is 11.1 Å². The minimum Gasteiger partial charge on any atom is -0.493 e. The molecule has 1 atom stereocenters. The molecule has 1 aliphatic rings. The summed E-state index contributed by atoms with van der Waals surface area (Å²) < 4.78 is 11.4. The number of aromatic nitrogens is 2. The van der Waals surface area contributed by atoms with Crippen molar-refractivity contribution in [2.75, 3.05) is 18.7 Å². The van der Waals surface area contributed by atoms with Crippen LogP contribution >= 0.6 is 23.4 Å². The first-order valence-electron chi connectivity index (χ1n) is 9.52. The quantitative estimate of drug-likeness (QED) is 0.425. The number of halogens is 1. The van der Waals surface area contributed by atoms with Gasteiger partial charge in [0.1, 0.15) is 12.4 Å². The topological polar surface area (TPSA) is 93.3 Å². The highest BCUT2D eigenvalue weighted by Gasteiger charge is 2.31. The van der Waals surface area contributed by atoms with Gasteiger partial charge in [-0.1, -0.05) is 47.6 Å². The molecule has 2 N–H and O–H groups in total. The number of ether oxygens (including phenoxy) is 2. The third-order valence-corrected chi connectivity index (χ3v) is 6.00. The van der Waals surface area contributed by atoms with Crippen molar-refractivity contribution in [3.05, 3.63) is 74.5 Å². The molecule has 0 radical (unpaired) electrons. The van der Waals surface area contributed by atoms with E-state index in [0.29, 0.717) is 33.1 Å². The molecule has 0 saturated carbocycles. The molecule has 0 spiro atoms. The summed E-state index contributed by atoms with van der Waals surface area (Å²) >= 11 is 7.50. The van der Waals surface area contributed by atoms with Crippen LogP contribution in [-0.2, 0) is 11.4 Å². The van der Waals surface area contributed by atoms with Crippen molar-refractivity contribution in [3.63, 3.8) is 0 Å². The number of anilines is 1. The Kier molecular flexibility index (Phi) is 6.20. The molecule has 4 rings (SSSR count). The van der Waals surface area contributed by atoms with Gasteiger partial charge in [0.15, 0.2) is 16.7 Å². The highest BCUT2D eigenvalue weighted by molar-refractivity contribution is 7.98. The molecule has 7 nitrogen and oxygen atoms in total. The SMILES string of the molecule is COc1cc([C@@H]2CC(=O)Nc3nc(SC)[nH]c(=O)c32)ccc1OCc1ccccc1Cl. The minimum atomic E-state index is -0.442. The third-order valence-electron chi connectivity index (χ3n) is 5.05. The van der Waals surface area contributed by atoms with Gasteiger partial charge in [-0.3, -0.25) is 9.59 Å². The lowest BCUT2D eigenvalue weighted by Gasteiger charge is -2.25. The summed E-state index contributed by atoms with van der Waals surface area (Å²) in [6.45, 7) is 0.283. The van der Waals surface area contributed by atoms with Gasteiger partial charge in [-0.05, 0) is 30.0 Å². The molecule has 0 aliphatic carbocycles. The van der Waals surface area contributed by atoms with Crippen LogP contribution < -0.4 is 20.3 Å². The average Bonchev–Trinajstić information content (AvgIpc) is 2.77. The lowest BCUT2D eigenvalue weighted by atomic mass is 9.86. The van der Waals surface area contributed by atoms with Gasteiger partial charge in [0.05, 0.1) is 12.7 Å². The van der Waals surface area contributed by atoms with Crippen LogP contribution in [0.4, 0.5) is 5.82 Å². The number of nitrogens with zero attached hydrogens (tertiary/aromatic N) is 1. The third kappa shape index (κ3) is 4.40. The Hall–Kier alpha value is -2.97. The Morgan fingerprint density at radius 3 is 2.74 bits per heavy atom. The Balaban J connectivity index is 1.66. The van der Waals surface area contributed by atoms with Gasteiger partial charge in [-0.25, -0.2) is 4.98 Å². The predicted octanol–water partition coefficient (Wildman–Crippen LogP) is 4.21. The fourth-order valence-corrected chi connectivity index (χ4v) is 4.09. The van der Waals surface area contributed by atoms with Gasteiger partial charge in [0.25, 0.3) is 5.56 Å². The number of methoxy groups -OCH3 is 1. The maximum atomic E-state index is 12.7. The number of fused-ring (bicyclic) bond motifs is 1. The molecule has 0 bridgehead atoms. The first kappa shape index (κ1) is 21.3. The number of aromatic amines is 1. The Morgan fingerprint density at radius 1 is 1.19 bits per heavy atom. The molecule has 0 fully saturated rings. The monoisotopic (exact) mass is 457 g/mol. The van der Waals surface area contributed by atoms with Crippen molar-refractivity contribution in [2.24, 2.45) is 0 Å². The fraction of sp³-hybridized carbons (Fsp3) is 0.227. The Bertz CT molecular complexity index is 1200. The molecule has 1 aromatic heterocycles. The van der Waals surface area contributed by atoms with E-state index in [1.807, 2.05) is 24.3 Å². The second-order valence-electron chi connectivity index (χ2n) is 6.93. The molecule has 9 heteroatoms. The molecular weight excluding hydrogens is 438 g/mol. The highest BCUT2D eigenvalue weighted by atomic mass is 35.5. The molecule has 2 heterocycles. The Labute approximate surface area is 188 Å². The number of amides is 1. The molecule has 1 aliphatic heterocycles. The number of nitrogens with one attached hydrogen (secondary N) is 2. The zero-order valence-corrected chi connectivity index (χ0v) is 18.5. The van der Waals surface area contributed by atoms with Crippen molar-refractivity contribution in [3.8, 4) is 11.5 Å². The van der Waals surface area contributed by atoms with Gasteiger partial charge in [0.2, 0.25) is 5.91 Å². The van der Waals surface area contributed by atoms with Crippen LogP contribution in [0.3, 0.4) is 0 Å². The second kappa shape index (κ2) is 9.03. The first-order chi connectivity index (χ1) is 15.0. The zero-order valence-electron chi connectivity index (χ0n) is 16.9. The molecule has 31 heavy (non-hydrogen) atoms. The van der Waals surface area contributed by atoms with E-state index in [1.54, 1.807) is 31.6 Å². The van der Waals surface area contributed by atoms with E-state index in [2.05, 4.69) is 15.3 Å². The van der Waals surface area contributed by atoms with Gasteiger partial charge in [0, 0.05) is 22.9 Å². The highest BCUT2D eigenvalue weighted by Crippen LogP contribution is 2.38. The maximum absolute atomic E-state index is 12.7. The number of thioether (sulfide) groups is 1. The summed E-state index contributed by atoms with van der Waals surface area (Å²) in [6.07, 6.45) is 1.94. The summed E-state index contributed by atoms with van der Waals surface area (Å²) in [7, 11) is 1.54. The fourth-order valence-electron chi connectivity index (χ4n) is 3.52. The number of hydrogen-bond donors (Lipinski definition) is 2. The van der Waals surface area contributed by atoms with E-state index in [4.69, 9.17) is 21.1 Å². The number of rotatable bonds is 6. The summed E-state index contributed by atoms with van der Waals surface area (Å²) in [4.78, 5) is 32.1. The van der Waals surface area contributed by atoms with Crippen LogP contribution in [0.1, 0.15) is 29.0 Å². The Morgan fingerprint density at radius 2 is 2.00 bits per heavy atom. The van der Waals surface area contributed by atoms with Crippen LogP contribution in [0.15, 0.2) is 52.4 Å². The van der Waals surface area contributed by atoms with Crippen LogP contribution in [0.25, 0.3) is 0 Å². The van der Waals surface area contributed by atoms with Gasteiger partial charge >= 0.3 is 0 Å². The van der Waals surface area contributed by atoms with Gasteiger partial charge < -0.3 is 19.8 Å². The lowest BCUT2D eigenvalue weighted by molar-refractivity contribution is -0.116. The molecular formula is C22H20ClN3O4S. The van der Waals surface area contributed by atoms with Crippen molar-refractivity contribution in [1.82, 2.24) is 9.97 Å². The van der Waals surface area contributed by atoms with E-state index in [9.17, 15) is 9.59 Å². The molecule has 0 saturated heterocycles. The largest absolute Gasteiger partial charge is 0.493 e. The van der Waals surface area contributed by atoms with Crippen LogP contribution in [0, 0.1) is 0 Å². The summed E-state index contributed by atoms with van der Waals surface area (Å²) in [5.74, 6) is 0.703. The van der Waals surface area contributed by atoms with E-state index < -0.39 is 5.92 Å². The standard InChI is InChI=1S/C22H20ClN3O4S/c1-29-17-9-12(7-8-16(17)30-11-13-5-3-4-6-15(13)23)14-10-18(27)24-20-19(14)21(28)26-22(25-20)31-2/h3-9,14H,10-11H2,1-2H3,(H2,24,25,26,27,28)/t14-/m0/s1. The minimum absolute atomic E-state index is 0.138.